The van der Waals surface area contributed by atoms with E-state index in [1.54, 1.807) is 0 Å². The minimum absolute atomic E-state index is 0.194. The summed E-state index contributed by atoms with van der Waals surface area (Å²) in [5.41, 5.74) is 22.1. The van der Waals surface area contributed by atoms with Gasteiger partial charge in [0.2, 0.25) is 0 Å². The molecule has 0 unspecified atom stereocenters. The van der Waals surface area contributed by atoms with Crippen LogP contribution in [-0.4, -0.2) is 0 Å². The summed E-state index contributed by atoms with van der Waals surface area (Å²) < 4.78 is 6.29. The van der Waals surface area contributed by atoms with Gasteiger partial charge in [-0.1, -0.05) is 172 Å². The van der Waals surface area contributed by atoms with E-state index >= 15 is 0 Å². The Bertz CT molecular complexity index is 3470. The third-order valence-electron chi connectivity index (χ3n) is 13.5. The van der Waals surface area contributed by atoms with Gasteiger partial charge in [-0.3, -0.25) is 0 Å². The Labute approximate surface area is 380 Å². The van der Waals surface area contributed by atoms with Crippen LogP contribution in [0.5, 0.6) is 0 Å². The Morgan fingerprint density at radius 3 is 1.28 bits per heavy atom. The highest BCUT2D eigenvalue weighted by Crippen LogP contribution is 2.52. The average molecular weight is 832 g/mol. The molecule has 0 N–H and O–H groups in total. The molecule has 0 fully saturated rings. The quantitative estimate of drug-likeness (QED) is 0.152. The number of para-hydroxylation sites is 1. The van der Waals surface area contributed by atoms with Crippen LogP contribution in [0.3, 0.4) is 0 Å². The van der Waals surface area contributed by atoms with E-state index in [1.165, 1.54) is 66.8 Å². The van der Waals surface area contributed by atoms with Crippen LogP contribution in [0.25, 0.3) is 88.7 Å². The van der Waals surface area contributed by atoms with E-state index in [0.717, 1.165) is 50.1 Å². The van der Waals surface area contributed by atoms with Crippen LogP contribution in [-0.2, 0) is 5.41 Å². The van der Waals surface area contributed by atoms with Crippen molar-refractivity contribution in [2.24, 2.45) is 0 Å². The molecule has 0 amide bonds. The lowest BCUT2D eigenvalue weighted by Crippen LogP contribution is -2.16. The fourth-order valence-corrected chi connectivity index (χ4v) is 10.0. The van der Waals surface area contributed by atoms with Crippen LogP contribution in [0, 0.1) is 0 Å². The van der Waals surface area contributed by atoms with Crippen molar-refractivity contribution in [2.75, 3.05) is 4.90 Å². The zero-order valence-electron chi connectivity index (χ0n) is 36.4. The smallest absolute Gasteiger partial charge is 0.136 e. The van der Waals surface area contributed by atoms with Crippen molar-refractivity contribution in [3.63, 3.8) is 0 Å². The Kier molecular flexibility index (Phi) is 9.21. The van der Waals surface area contributed by atoms with E-state index in [0.29, 0.717) is 0 Å². The summed E-state index contributed by atoms with van der Waals surface area (Å²) in [5, 5.41) is 2.28. The first kappa shape index (κ1) is 38.5. The highest BCUT2D eigenvalue weighted by Gasteiger charge is 2.36. The van der Waals surface area contributed by atoms with Crippen molar-refractivity contribution in [3.8, 4) is 66.8 Å². The summed E-state index contributed by atoms with van der Waals surface area (Å²) >= 11 is 0. The zero-order valence-corrected chi connectivity index (χ0v) is 36.4. The number of hydrogen-bond donors (Lipinski definition) is 0. The van der Waals surface area contributed by atoms with Gasteiger partial charge in [-0.15, -0.1) is 0 Å². The molecule has 11 aromatic rings. The van der Waals surface area contributed by atoms with Gasteiger partial charge >= 0.3 is 0 Å². The molecule has 1 aromatic heterocycles. The number of rotatable bonds is 8. The fourth-order valence-electron chi connectivity index (χ4n) is 10.0. The molecule has 2 nitrogen and oxygen atoms in total. The fraction of sp³-hybridized carbons (Fsp3) is 0.0476. The van der Waals surface area contributed by atoms with Crippen molar-refractivity contribution < 1.29 is 4.42 Å². The molecule has 0 spiro atoms. The number of benzene rings is 10. The van der Waals surface area contributed by atoms with Crippen molar-refractivity contribution in [3.05, 3.63) is 248 Å². The summed E-state index contributed by atoms with van der Waals surface area (Å²) in [6, 6.07) is 85.9. The van der Waals surface area contributed by atoms with Gasteiger partial charge in [0.15, 0.2) is 0 Å². The van der Waals surface area contributed by atoms with Gasteiger partial charge in [-0.05, 0) is 157 Å². The standard InChI is InChI=1S/C63H45NO/c1-63(2)59-39-47(42-14-6-3-7-15-42)26-33-55(59)56-35-32-54(41-60(56)63)64(52-28-22-45(23-29-52)48-27-34-58-57-20-12-13-21-61(57)65-62(58)40-48)53-30-24-46(25-31-53)51-37-49(43-16-8-4-9-17-43)36-50(38-51)44-18-10-5-11-19-44/h3-41H,1-2H3. The summed E-state index contributed by atoms with van der Waals surface area (Å²) in [6.07, 6.45) is 0. The maximum Gasteiger partial charge on any atom is 0.136 e. The second kappa shape index (κ2) is 15.6. The molecule has 12 rings (SSSR count). The lowest BCUT2D eigenvalue weighted by Gasteiger charge is -2.28. The number of furan rings is 1. The molecule has 0 radical (unpaired) electrons. The van der Waals surface area contributed by atoms with E-state index in [4.69, 9.17) is 4.42 Å². The monoisotopic (exact) mass is 831 g/mol. The summed E-state index contributed by atoms with van der Waals surface area (Å²) in [4.78, 5) is 2.40. The van der Waals surface area contributed by atoms with Gasteiger partial charge in [-0.25, -0.2) is 0 Å². The first-order valence-electron chi connectivity index (χ1n) is 22.5. The summed E-state index contributed by atoms with van der Waals surface area (Å²) in [5.74, 6) is 0. The average Bonchev–Trinajstić information content (AvgIpc) is 3.85. The third-order valence-corrected chi connectivity index (χ3v) is 13.5. The number of fused-ring (bicyclic) bond motifs is 6. The van der Waals surface area contributed by atoms with Crippen molar-refractivity contribution in [2.45, 2.75) is 19.3 Å². The van der Waals surface area contributed by atoms with Gasteiger partial charge in [0, 0.05) is 33.2 Å². The normalized spacial score (nSPS) is 12.6. The summed E-state index contributed by atoms with van der Waals surface area (Å²) in [7, 11) is 0. The first-order valence-corrected chi connectivity index (χ1v) is 22.5. The molecule has 65 heavy (non-hydrogen) atoms. The topological polar surface area (TPSA) is 16.4 Å². The van der Waals surface area contributed by atoms with Gasteiger partial charge in [0.25, 0.3) is 0 Å². The Balaban J connectivity index is 0.951. The SMILES string of the molecule is CC1(C)c2cc(-c3ccccc3)ccc2-c2ccc(N(c3ccc(-c4cc(-c5ccccc5)cc(-c5ccccc5)c4)cc3)c3ccc(-c4ccc5c(c4)oc4ccccc45)cc3)cc21. The number of anilines is 3. The molecule has 308 valence electrons. The van der Waals surface area contributed by atoms with Gasteiger partial charge in [0.1, 0.15) is 11.2 Å². The van der Waals surface area contributed by atoms with Gasteiger partial charge in [-0.2, -0.15) is 0 Å². The summed E-state index contributed by atoms with van der Waals surface area (Å²) in [6.45, 7) is 4.74. The van der Waals surface area contributed by atoms with E-state index < -0.39 is 0 Å². The molecule has 10 aromatic carbocycles. The molecule has 1 aliphatic rings. The number of hydrogen-bond acceptors (Lipinski definition) is 2. The first-order chi connectivity index (χ1) is 31.9. The van der Waals surface area contributed by atoms with Crippen LogP contribution in [0.2, 0.25) is 0 Å². The Hall–Kier alpha value is -8.20. The van der Waals surface area contributed by atoms with E-state index in [-0.39, 0.29) is 5.41 Å². The predicted molar refractivity (Wildman–Crippen MR) is 273 cm³/mol. The highest BCUT2D eigenvalue weighted by molar-refractivity contribution is 6.06. The van der Waals surface area contributed by atoms with Crippen LogP contribution in [0.1, 0.15) is 25.0 Å². The Morgan fingerprint density at radius 1 is 0.292 bits per heavy atom. The van der Waals surface area contributed by atoms with Crippen LogP contribution in [0.4, 0.5) is 17.1 Å². The molecule has 0 saturated heterocycles. The molecule has 0 atom stereocenters. The van der Waals surface area contributed by atoms with Crippen molar-refractivity contribution in [1.82, 2.24) is 0 Å². The second-order valence-corrected chi connectivity index (χ2v) is 17.8. The van der Waals surface area contributed by atoms with Gasteiger partial charge in [0.05, 0.1) is 0 Å². The molecule has 1 aliphatic carbocycles. The largest absolute Gasteiger partial charge is 0.456 e. The van der Waals surface area contributed by atoms with Crippen LogP contribution < -0.4 is 4.90 Å². The number of nitrogens with zero attached hydrogens (tertiary/aromatic N) is 1. The predicted octanol–water partition coefficient (Wildman–Crippen LogP) is 17.7. The maximum absolute atomic E-state index is 6.29. The molecule has 0 bridgehead atoms. The second-order valence-electron chi connectivity index (χ2n) is 17.8. The molecule has 0 saturated carbocycles. The molecule has 2 heteroatoms. The van der Waals surface area contributed by atoms with Crippen molar-refractivity contribution >= 4 is 39.0 Å². The zero-order chi connectivity index (χ0) is 43.5. The molecular weight excluding hydrogens is 787 g/mol. The van der Waals surface area contributed by atoms with Gasteiger partial charge < -0.3 is 9.32 Å². The Morgan fingerprint density at radius 2 is 0.692 bits per heavy atom. The molecule has 1 heterocycles. The van der Waals surface area contributed by atoms with E-state index in [2.05, 4.69) is 243 Å². The highest BCUT2D eigenvalue weighted by atomic mass is 16.3. The van der Waals surface area contributed by atoms with E-state index in [1.807, 2.05) is 12.1 Å². The lowest BCUT2D eigenvalue weighted by atomic mass is 9.81. The van der Waals surface area contributed by atoms with E-state index in [9.17, 15) is 0 Å². The van der Waals surface area contributed by atoms with Crippen LogP contribution in [0.15, 0.2) is 241 Å². The lowest BCUT2D eigenvalue weighted by molar-refractivity contribution is 0.660. The molecule has 0 aliphatic heterocycles. The molecular formula is C63H45NO. The minimum atomic E-state index is -0.194. The maximum atomic E-state index is 6.29. The minimum Gasteiger partial charge on any atom is -0.456 e. The van der Waals surface area contributed by atoms with Crippen LogP contribution >= 0.6 is 0 Å². The third kappa shape index (κ3) is 6.83. The van der Waals surface area contributed by atoms with Crippen molar-refractivity contribution in [1.29, 1.82) is 0 Å².